The number of rotatable bonds is 3. The molecule has 2 N–H and O–H groups in total. The van der Waals surface area contributed by atoms with Crippen molar-refractivity contribution in [1.29, 1.82) is 0 Å². The van der Waals surface area contributed by atoms with Gasteiger partial charge >= 0.3 is 0 Å². The number of hydrogen-bond acceptors (Lipinski definition) is 2. The highest BCUT2D eigenvalue weighted by molar-refractivity contribution is 7.99. The van der Waals surface area contributed by atoms with Crippen LogP contribution in [0.25, 0.3) is 0 Å². The van der Waals surface area contributed by atoms with Crippen molar-refractivity contribution in [2.75, 3.05) is 0 Å². The molecule has 0 saturated heterocycles. The maximum absolute atomic E-state index is 13.6. The Morgan fingerprint density at radius 3 is 2.24 bits per heavy atom. The second kappa shape index (κ2) is 5.34. The normalized spacial score (nSPS) is 12.4. The molecule has 2 aromatic carbocycles. The molecule has 0 heterocycles. The fourth-order valence-electron chi connectivity index (χ4n) is 1.60. The minimum absolute atomic E-state index is 0.0505. The summed E-state index contributed by atoms with van der Waals surface area (Å²) >= 11 is 1.41. The van der Waals surface area contributed by atoms with Gasteiger partial charge in [-0.15, -0.1) is 0 Å². The lowest BCUT2D eigenvalue weighted by atomic mass is 10.1. The third kappa shape index (κ3) is 2.87. The van der Waals surface area contributed by atoms with Crippen molar-refractivity contribution >= 4 is 11.8 Å². The number of benzene rings is 2. The fourth-order valence-corrected chi connectivity index (χ4v) is 2.66. The Balaban J connectivity index is 2.34. The molecule has 1 nitrogen and oxygen atoms in total. The number of nitrogens with two attached hydrogens (primary N) is 1. The SMILES string of the molecule is C[C@@H](N)c1ccccc1Sc1ccccc1F. The van der Waals surface area contributed by atoms with Gasteiger partial charge in [-0.3, -0.25) is 0 Å². The molecular formula is C14H14FNS. The summed E-state index contributed by atoms with van der Waals surface area (Å²) in [5, 5.41) is 0. The smallest absolute Gasteiger partial charge is 0.137 e. The second-order valence-corrected chi connectivity index (χ2v) is 4.94. The first-order valence-corrected chi connectivity index (χ1v) is 6.27. The predicted molar refractivity (Wildman–Crippen MR) is 69.6 cm³/mol. The van der Waals surface area contributed by atoms with E-state index in [9.17, 15) is 4.39 Å². The van der Waals surface area contributed by atoms with Crippen LogP contribution in [0.2, 0.25) is 0 Å². The molecule has 88 valence electrons. The minimum atomic E-state index is -0.197. The summed E-state index contributed by atoms with van der Waals surface area (Å²) in [5.41, 5.74) is 6.94. The van der Waals surface area contributed by atoms with E-state index in [0.717, 1.165) is 10.5 Å². The van der Waals surface area contributed by atoms with E-state index in [2.05, 4.69) is 0 Å². The van der Waals surface area contributed by atoms with Gasteiger partial charge in [0.1, 0.15) is 5.82 Å². The van der Waals surface area contributed by atoms with Crippen molar-refractivity contribution in [3.05, 3.63) is 59.9 Å². The van der Waals surface area contributed by atoms with Gasteiger partial charge in [-0.05, 0) is 30.7 Å². The van der Waals surface area contributed by atoms with Crippen molar-refractivity contribution in [3.63, 3.8) is 0 Å². The van der Waals surface area contributed by atoms with Crippen LogP contribution in [-0.4, -0.2) is 0 Å². The van der Waals surface area contributed by atoms with Crippen molar-refractivity contribution in [3.8, 4) is 0 Å². The van der Waals surface area contributed by atoms with Crippen molar-refractivity contribution in [1.82, 2.24) is 0 Å². The zero-order chi connectivity index (χ0) is 12.3. The molecule has 1 atom stereocenters. The van der Waals surface area contributed by atoms with Gasteiger partial charge in [-0.2, -0.15) is 0 Å². The second-order valence-electron chi connectivity index (χ2n) is 3.86. The molecule has 0 bridgehead atoms. The third-order valence-electron chi connectivity index (χ3n) is 2.47. The highest BCUT2D eigenvalue weighted by Gasteiger charge is 2.09. The number of halogens is 1. The third-order valence-corrected chi connectivity index (χ3v) is 3.61. The van der Waals surface area contributed by atoms with E-state index in [1.807, 2.05) is 37.3 Å². The Hall–Kier alpha value is -1.32. The van der Waals surface area contributed by atoms with Crippen LogP contribution in [0.15, 0.2) is 58.3 Å². The molecule has 2 aromatic rings. The summed E-state index contributed by atoms with van der Waals surface area (Å²) in [7, 11) is 0. The molecule has 0 radical (unpaired) electrons. The Labute approximate surface area is 105 Å². The molecule has 3 heteroatoms. The van der Waals surface area contributed by atoms with E-state index in [-0.39, 0.29) is 11.9 Å². The summed E-state index contributed by atoms with van der Waals surface area (Å²) in [6, 6.07) is 14.6. The Morgan fingerprint density at radius 1 is 1.00 bits per heavy atom. The standard InChI is InChI=1S/C14H14FNS/c1-10(16)11-6-2-4-8-13(11)17-14-9-5-3-7-12(14)15/h2-10H,16H2,1H3/t10-/m1/s1. The summed E-state index contributed by atoms with van der Waals surface area (Å²) in [6.07, 6.45) is 0. The van der Waals surface area contributed by atoms with Gasteiger partial charge in [0.25, 0.3) is 0 Å². The van der Waals surface area contributed by atoms with Crippen LogP contribution in [0.5, 0.6) is 0 Å². The van der Waals surface area contributed by atoms with Crippen LogP contribution in [-0.2, 0) is 0 Å². The fraction of sp³-hybridized carbons (Fsp3) is 0.143. The van der Waals surface area contributed by atoms with Gasteiger partial charge in [0.05, 0.1) is 0 Å². The van der Waals surface area contributed by atoms with Crippen LogP contribution < -0.4 is 5.73 Å². The molecule has 0 amide bonds. The molecule has 0 aliphatic rings. The highest BCUT2D eigenvalue weighted by atomic mass is 32.2. The zero-order valence-electron chi connectivity index (χ0n) is 9.56. The first-order chi connectivity index (χ1) is 8.18. The average molecular weight is 247 g/mol. The first kappa shape index (κ1) is 12.1. The van der Waals surface area contributed by atoms with E-state index < -0.39 is 0 Å². The quantitative estimate of drug-likeness (QED) is 0.887. The van der Waals surface area contributed by atoms with E-state index in [4.69, 9.17) is 5.73 Å². The van der Waals surface area contributed by atoms with E-state index >= 15 is 0 Å². The van der Waals surface area contributed by atoms with Gasteiger partial charge in [0.15, 0.2) is 0 Å². The monoisotopic (exact) mass is 247 g/mol. The summed E-state index contributed by atoms with van der Waals surface area (Å²) in [4.78, 5) is 1.63. The van der Waals surface area contributed by atoms with Crippen LogP contribution in [0.3, 0.4) is 0 Å². The summed E-state index contributed by atoms with van der Waals surface area (Å²) in [5.74, 6) is -0.197. The Bertz CT molecular complexity index is 511. The molecule has 0 saturated carbocycles. The average Bonchev–Trinajstić information content (AvgIpc) is 2.32. The van der Waals surface area contributed by atoms with Crippen molar-refractivity contribution in [2.45, 2.75) is 22.8 Å². The lowest BCUT2D eigenvalue weighted by Crippen LogP contribution is -2.06. The molecule has 0 fully saturated rings. The molecule has 0 aliphatic carbocycles. The van der Waals surface area contributed by atoms with E-state index in [0.29, 0.717) is 4.90 Å². The summed E-state index contributed by atoms with van der Waals surface area (Å²) < 4.78 is 13.6. The van der Waals surface area contributed by atoms with Crippen LogP contribution in [0.1, 0.15) is 18.5 Å². The van der Waals surface area contributed by atoms with Gasteiger partial charge in [-0.1, -0.05) is 42.1 Å². The molecule has 0 aromatic heterocycles. The largest absolute Gasteiger partial charge is 0.324 e. The summed E-state index contributed by atoms with van der Waals surface area (Å²) in [6.45, 7) is 1.93. The lowest BCUT2D eigenvalue weighted by molar-refractivity contribution is 0.602. The topological polar surface area (TPSA) is 26.0 Å². The van der Waals surface area contributed by atoms with Gasteiger partial charge in [0.2, 0.25) is 0 Å². The van der Waals surface area contributed by atoms with Gasteiger partial charge < -0.3 is 5.73 Å². The molecule has 0 spiro atoms. The van der Waals surface area contributed by atoms with Crippen molar-refractivity contribution < 1.29 is 4.39 Å². The Kier molecular flexibility index (Phi) is 3.82. The number of hydrogen-bond donors (Lipinski definition) is 1. The Morgan fingerprint density at radius 2 is 1.59 bits per heavy atom. The van der Waals surface area contributed by atoms with Crippen LogP contribution in [0.4, 0.5) is 4.39 Å². The van der Waals surface area contributed by atoms with Crippen LogP contribution >= 0.6 is 11.8 Å². The molecule has 0 unspecified atom stereocenters. The van der Waals surface area contributed by atoms with Crippen LogP contribution in [0, 0.1) is 5.82 Å². The van der Waals surface area contributed by atoms with E-state index in [1.165, 1.54) is 17.8 Å². The molecular weight excluding hydrogens is 233 g/mol. The minimum Gasteiger partial charge on any atom is -0.324 e. The lowest BCUT2D eigenvalue weighted by Gasteiger charge is -2.12. The van der Waals surface area contributed by atoms with Gasteiger partial charge in [-0.25, -0.2) is 4.39 Å². The van der Waals surface area contributed by atoms with E-state index in [1.54, 1.807) is 12.1 Å². The maximum atomic E-state index is 13.6. The predicted octanol–water partition coefficient (Wildman–Crippen LogP) is 4.00. The molecule has 17 heavy (non-hydrogen) atoms. The van der Waals surface area contributed by atoms with Crippen molar-refractivity contribution in [2.24, 2.45) is 5.73 Å². The maximum Gasteiger partial charge on any atom is 0.137 e. The zero-order valence-corrected chi connectivity index (χ0v) is 10.4. The highest BCUT2D eigenvalue weighted by Crippen LogP contribution is 2.33. The molecule has 0 aliphatic heterocycles. The van der Waals surface area contributed by atoms with Gasteiger partial charge in [0, 0.05) is 15.8 Å². The molecule has 2 rings (SSSR count). The first-order valence-electron chi connectivity index (χ1n) is 5.45.